The molecule has 0 fully saturated rings. The number of rotatable bonds is 7. The predicted molar refractivity (Wildman–Crippen MR) is 120 cm³/mol. The summed E-state index contributed by atoms with van der Waals surface area (Å²) in [5.74, 6) is -1.05. The first-order valence-corrected chi connectivity index (χ1v) is 11.5. The number of carbonyl (C=O) groups is 2. The number of sulfonamides is 1. The maximum Gasteiger partial charge on any atom is 0.340 e. The number of anilines is 2. The van der Waals surface area contributed by atoms with Crippen LogP contribution in [0.5, 0.6) is 11.5 Å². The fourth-order valence-electron chi connectivity index (χ4n) is 3.24. The molecule has 11 heteroatoms. The van der Waals surface area contributed by atoms with Gasteiger partial charge < -0.3 is 19.5 Å². The zero-order valence-electron chi connectivity index (χ0n) is 17.8. The Hall–Kier alpha value is -4.12. The summed E-state index contributed by atoms with van der Waals surface area (Å²) in [7, 11) is -4.12. The maximum atomic E-state index is 13.4. The molecular weight excluding hydrogens is 467 g/mol. The summed E-state index contributed by atoms with van der Waals surface area (Å²) in [6.07, 6.45) is 0. The molecule has 176 valence electrons. The fraction of sp³-hybridized carbons (Fsp3) is 0.130. The first-order chi connectivity index (χ1) is 16.2. The number of amides is 1. The molecule has 0 aromatic heterocycles. The third-order valence-electron chi connectivity index (χ3n) is 4.81. The average molecular weight is 486 g/mol. The molecule has 2 N–H and O–H groups in total. The largest absolute Gasteiger partial charge is 0.454 e. The van der Waals surface area contributed by atoms with E-state index in [9.17, 15) is 22.4 Å². The van der Waals surface area contributed by atoms with Crippen LogP contribution in [0, 0.1) is 12.7 Å². The van der Waals surface area contributed by atoms with Crippen molar-refractivity contribution in [3.05, 3.63) is 77.6 Å². The van der Waals surface area contributed by atoms with E-state index in [-0.39, 0.29) is 28.5 Å². The van der Waals surface area contributed by atoms with Crippen molar-refractivity contribution in [1.29, 1.82) is 0 Å². The van der Waals surface area contributed by atoms with Crippen molar-refractivity contribution < 1.29 is 36.6 Å². The third kappa shape index (κ3) is 5.09. The van der Waals surface area contributed by atoms with Gasteiger partial charge in [0.05, 0.1) is 16.1 Å². The molecule has 0 saturated heterocycles. The molecular formula is C23H19FN2O7S. The second-order valence-electron chi connectivity index (χ2n) is 7.25. The number of para-hydroxylation sites is 1. The standard InChI is InChI=1S/C23H19FN2O7S/c1-14-10-15(24)6-9-21(14)34(29,30)26-18-5-3-2-4-17(18)23(28)31-12-22(27)25-16-7-8-19-20(11-16)33-13-32-19/h2-11,26H,12-13H2,1H3,(H,25,27). The Labute approximate surface area is 194 Å². The van der Waals surface area contributed by atoms with Crippen LogP contribution in [0.3, 0.4) is 0 Å². The second-order valence-corrected chi connectivity index (χ2v) is 8.90. The van der Waals surface area contributed by atoms with Crippen LogP contribution in [0.15, 0.2) is 65.6 Å². The minimum atomic E-state index is -4.12. The molecule has 1 aliphatic rings. The highest BCUT2D eigenvalue weighted by molar-refractivity contribution is 7.92. The highest BCUT2D eigenvalue weighted by Gasteiger charge is 2.22. The van der Waals surface area contributed by atoms with Crippen molar-refractivity contribution in [2.75, 3.05) is 23.4 Å². The SMILES string of the molecule is Cc1cc(F)ccc1S(=O)(=O)Nc1ccccc1C(=O)OCC(=O)Nc1ccc2c(c1)OCO2. The van der Waals surface area contributed by atoms with Gasteiger partial charge in [0.25, 0.3) is 15.9 Å². The molecule has 0 aliphatic carbocycles. The van der Waals surface area contributed by atoms with Crippen LogP contribution in [0.25, 0.3) is 0 Å². The number of nitrogens with one attached hydrogen (secondary N) is 2. The molecule has 0 spiro atoms. The first kappa shape index (κ1) is 23.1. The van der Waals surface area contributed by atoms with Gasteiger partial charge in [0.2, 0.25) is 6.79 Å². The van der Waals surface area contributed by atoms with E-state index < -0.39 is 34.3 Å². The Bertz CT molecular complexity index is 1380. The van der Waals surface area contributed by atoms with E-state index in [0.717, 1.165) is 18.2 Å². The highest BCUT2D eigenvalue weighted by atomic mass is 32.2. The van der Waals surface area contributed by atoms with Gasteiger partial charge in [-0.25, -0.2) is 17.6 Å². The van der Waals surface area contributed by atoms with Gasteiger partial charge in [0.15, 0.2) is 18.1 Å². The molecule has 3 aromatic rings. The molecule has 34 heavy (non-hydrogen) atoms. The van der Waals surface area contributed by atoms with Gasteiger partial charge in [0, 0.05) is 11.8 Å². The monoisotopic (exact) mass is 486 g/mol. The van der Waals surface area contributed by atoms with E-state index in [4.69, 9.17) is 14.2 Å². The lowest BCUT2D eigenvalue weighted by atomic mass is 10.2. The molecule has 1 aliphatic heterocycles. The molecule has 0 saturated carbocycles. The lowest BCUT2D eigenvalue weighted by Crippen LogP contribution is -2.22. The zero-order chi connectivity index (χ0) is 24.3. The lowest BCUT2D eigenvalue weighted by Gasteiger charge is -2.13. The van der Waals surface area contributed by atoms with Crippen LogP contribution in [0.4, 0.5) is 15.8 Å². The molecule has 0 radical (unpaired) electrons. The number of fused-ring (bicyclic) bond motifs is 1. The van der Waals surface area contributed by atoms with Crippen LogP contribution in [-0.2, 0) is 19.6 Å². The number of aryl methyl sites for hydroxylation is 1. The van der Waals surface area contributed by atoms with Crippen molar-refractivity contribution in [3.8, 4) is 11.5 Å². The Morgan fingerprint density at radius 3 is 2.59 bits per heavy atom. The fourth-order valence-corrected chi connectivity index (χ4v) is 4.55. The summed E-state index contributed by atoms with van der Waals surface area (Å²) in [5, 5.41) is 2.57. The van der Waals surface area contributed by atoms with Crippen LogP contribution in [0.2, 0.25) is 0 Å². The number of hydrogen-bond acceptors (Lipinski definition) is 7. The number of ether oxygens (including phenoxy) is 3. The predicted octanol–water partition coefficient (Wildman–Crippen LogP) is 3.46. The van der Waals surface area contributed by atoms with Crippen LogP contribution in [-0.4, -0.2) is 33.7 Å². The number of esters is 1. The van der Waals surface area contributed by atoms with Crippen LogP contribution < -0.4 is 19.5 Å². The molecule has 9 nitrogen and oxygen atoms in total. The minimum Gasteiger partial charge on any atom is -0.454 e. The third-order valence-corrected chi connectivity index (χ3v) is 6.33. The number of hydrogen-bond donors (Lipinski definition) is 2. The van der Waals surface area contributed by atoms with Gasteiger partial charge in [-0.15, -0.1) is 0 Å². The topological polar surface area (TPSA) is 120 Å². The quantitative estimate of drug-likeness (QED) is 0.491. The van der Waals surface area contributed by atoms with Gasteiger partial charge in [0.1, 0.15) is 5.82 Å². The number of benzene rings is 3. The van der Waals surface area contributed by atoms with Crippen LogP contribution in [0.1, 0.15) is 15.9 Å². The normalized spacial score (nSPS) is 12.2. The van der Waals surface area contributed by atoms with Gasteiger partial charge in [-0.2, -0.15) is 0 Å². The zero-order valence-corrected chi connectivity index (χ0v) is 18.6. The summed E-state index contributed by atoms with van der Waals surface area (Å²) in [5.41, 5.74) is 0.481. The molecule has 0 bridgehead atoms. The maximum absolute atomic E-state index is 13.4. The Morgan fingerprint density at radius 2 is 1.79 bits per heavy atom. The molecule has 1 amide bonds. The van der Waals surface area contributed by atoms with Gasteiger partial charge in [-0.3, -0.25) is 9.52 Å². The number of carbonyl (C=O) groups excluding carboxylic acids is 2. The molecule has 0 unspecified atom stereocenters. The summed E-state index contributed by atoms with van der Waals surface area (Å²) in [6.45, 7) is 0.941. The van der Waals surface area contributed by atoms with Crippen molar-refractivity contribution in [1.82, 2.24) is 0 Å². The van der Waals surface area contributed by atoms with Crippen molar-refractivity contribution in [2.45, 2.75) is 11.8 Å². The van der Waals surface area contributed by atoms with Crippen molar-refractivity contribution in [3.63, 3.8) is 0 Å². The minimum absolute atomic E-state index is 0.0487. The van der Waals surface area contributed by atoms with E-state index in [2.05, 4.69) is 10.0 Å². The van der Waals surface area contributed by atoms with Gasteiger partial charge >= 0.3 is 5.97 Å². The second kappa shape index (κ2) is 9.40. The summed E-state index contributed by atoms with van der Waals surface area (Å²) < 4.78 is 56.8. The Kier molecular flexibility index (Phi) is 6.37. The van der Waals surface area contributed by atoms with Gasteiger partial charge in [-0.1, -0.05) is 12.1 Å². The smallest absolute Gasteiger partial charge is 0.340 e. The van der Waals surface area contributed by atoms with Gasteiger partial charge in [-0.05, 0) is 55.0 Å². The summed E-state index contributed by atoms with van der Waals surface area (Å²) in [4.78, 5) is 24.7. The summed E-state index contributed by atoms with van der Waals surface area (Å²) in [6, 6.07) is 13.8. The van der Waals surface area contributed by atoms with Crippen molar-refractivity contribution in [2.24, 2.45) is 0 Å². The Balaban J connectivity index is 1.42. The Morgan fingerprint density at radius 1 is 1.03 bits per heavy atom. The van der Waals surface area contributed by atoms with E-state index >= 15 is 0 Å². The molecule has 3 aromatic carbocycles. The average Bonchev–Trinajstić information content (AvgIpc) is 3.25. The molecule has 0 atom stereocenters. The van der Waals surface area contributed by atoms with E-state index in [1.807, 2.05) is 0 Å². The highest BCUT2D eigenvalue weighted by Crippen LogP contribution is 2.34. The summed E-state index contributed by atoms with van der Waals surface area (Å²) >= 11 is 0. The lowest BCUT2D eigenvalue weighted by molar-refractivity contribution is -0.119. The van der Waals surface area contributed by atoms with E-state index in [1.165, 1.54) is 31.2 Å². The van der Waals surface area contributed by atoms with E-state index in [1.54, 1.807) is 18.2 Å². The van der Waals surface area contributed by atoms with Crippen molar-refractivity contribution >= 4 is 33.3 Å². The number of halogens is 1. The van der Waals surface area contributed by atoms with Crippen LogP contribution >= 0.6 is 0 Å². The molecule has 1 heterocycles. The first-order valence-electron chi connectivity index (χ1n) is 9.97. The van der Waals surface area contributed by atoms with E-state index in [0.29, 0.717) is 17.2 Å². The molecule has 4 rings (SSSR count).